The van der Waals surface area contributed by atoms with Crippen molar-refractivity contribution in [2.75, 3.05) is 7.11 Å². The number of halogens is 3. The maximum absolute atomic E-state index is 12.5. The molecule has 0 fully saturated rings. The molecule has 2 N–H and O–H groups in total. The van der Waals surface area contributed by atoms with E-state index < -0.39 is 11.9 Å². The summed E-state index contributed by atoms with van der Waals surface area (Å²) < 4.78 is 43.8. The van der Waals surface area contributed by atoms with Gasteiger partial charge in [-0.15, -0.1) is 0 Å². The van der Waals surface area contributed by atoms with E-state index in [1.165, 1.54) is 13.3 Å². The summed E-state index contributed by atoms with van der Waals surface area (Å²) in [7, 11) is 1.48. The van der Waals surface area contributed by atoms with Crippen LogP contribution in [0.5, 0.6) is 5.75 Å². The van der Waals surface area contributed by atoms with Gasteiger partial charge in [0.05, 0.1) is 12.8 Å². The molecule has 7 heteroatoms. The third-order valence-electron chi connectivity index (χ3n) is 2.64. The van der Waals surface area contributed by atoms with Gasteiger partial charge in [0.1, 0.15) is 5.75 Å². The average Bonchev–Trinajstić information content (AvgIpc) is 2.87. The summed E-state index contributed by atoms with van der Waals surface area (Å²) in [4.78, 5) is 0. The quantitative estimate of drug-likeness (QED) is 0.932. The van der Waals surface area contributed by atoms with E-state index in [0.29, 0.717) is 17.0 Å². The third kappa shape index (κ3) is 2.70. The fraction of sp³-hybridized carbons (Fsp3) is 0.250. The molecule has 0 aliphatic carbocycles. The molecule has 0 saturated carbocycles. The molecule has 0 saturated heterocycles. The molecule has 1 heterocycles. The van der Waals surface area contributed by atoms with Gasteiger partial charge in [-0.3, -0.25) is 0 Å². The summed E-state index contributed by atoms with van der Waals surface area (Å²) in [6.07, 6.45) is -3.22. The topological polar surface area (TPSA) is 53.1 Å². The number of methoxy groups -OCH3 is 1. The Labute approximate surface area is 107 Å². The summed E-state index contributed by atoms with van der Waals surface area (Å²) in [6, 6.07) is 5.90. The van der Waals surface area contributed by atoms with E-state index in [1.807, 2.05) is 0 Å². The first kappa shape index (κ1) is 13.4. The fourth-order valence-corrected chi connectivity index (χ4v) is 1.67. The lowest BCUT2D eigenvalue weighted by Gasteiger charge is -2.10. The second-order valence-corrected chi connectivity index (χ2v) is 3.84. The van der Waals surface area contributed by atoms with Gasteiger partial charge in [0.2, 0.25) is 0 Å². The number of nitrogens with zero attached hydrogens (tertiary/aromatic N) is 2. The van der Waals surface area contributed by atoms with Gasteiger partial charge in [-0.2, -0.15) is 18.3 Å². The molecule has 0 radical (unpaired) electrons. The minimum absolute atomic E-state index is 0.195. The Morgan fingerprint density at radius 1 is 1.32 bits per heavy atom. The van der Waals surface area contributed by atoms with Crippen molar-refractivity contribution in [3.05, 3.63) is 41.7 Å². The summed E-state index contributed by atoms with van der Waals surface area (Å²) in [6.45, 7) is 0.195. The Balaban J connectivity index is 2.48. The van der Waals surface area contributed by atoms with Crippen LogP contribution in [-0.4, -0.2) is 16.9 Å². The number of alkyl halides is 3. The monoisotopic (exact) mass is 271 g/mol. The number of benzene rings is 1. The molecule has 0 atom stereocenters. The van der Waals surface area contributed by atoms with E-state index in [1.54, 1.807) is 18.2 Å². The van der Waals surface area contributed by atoms with Crippen LogP contribution in [0.1, 0.15) is 11.3 Å². The molecule has 0 aliphatic heterocycles. The van der Waals surface area contributed by atoms with Crippen molar-refractivity contribution in [3.8, 4) is 11.4 Å². The van der Waals surface area contributed by atoms with Crippen molar-refractivity contribution in [3.63, 3.8) is 0 Å². The van der Waals surface area contributed by atoms with Crippen molar-refractivity contribution in [1.29, 1.82) is 0 Å². The number of aromatic nitrogens is 2. The molecule has 0 bridgehead atoms. The van der Waals surface area contributed by atoms with Crippen molar-refractivity contribution >= 4 is 0 Å². The molecule has 0 unspecified atom stereocenters. The molecule has 2 rings (SSSR count). The second-order valence-electron chi connectivity index (χ2n) is 3.84. The van der Waals surface area contributed by atoms with Gasteiger partial charge >= 0.3 is 6.18 Å². The van der Waals surface area contributed by atoms with Gasteiger partial charge in [0.15, 0.2) is 5.69 Å². The molecule has 0 amide bonds. The minimum atomic E-state index is -4.47. The first-order valence-corrected chi connectivity index (χ1v) is 5.46. The molecule has 1 aromatic heterocycles. The Kier molecular flexibility index (Phi) is 3.48. The van der Waals surface area contributed by atoms with Gasteiger partial charge in [-0.1, -0.05) is 6.07 Å². The smallest absolute Gasteiger partial charge is 0.435 e. The average molecular weight is 271 g/mol. The van der Waals surface area contributed by atoms with Crippen LogP contribution in [0.4, 0.5) is 13.2 Å². The zero-order valence-electron chi connectivity index (χ0n) is 10.1. The van der Waals surface area contributed by atoms with Crippen molar-refractivity contribution in [2.24, 2.45) is 5.73 Å². The standard InChI is InChI=1S/C12H12F3N3O/c1-19-9-3-2-8(7-16)10(6-9)18-5-4-11(17-18)12(13,14)15/h2-6H,7,16H2,1H3. The van der Waals surface area contributed by atoms with Crippen LogP contribution in [0.25, 0.3) is 5.69 Å². The Bertz CT molecular complexity index is 578. The van der Waals surface area contributed by atoms with Gasteiger partial charge in [-0.25, -0.2) is 4.68 Å². The predicted molar refractivity (Wildman–Crippen MR) is 63.0 cm³/mol. The highest BCUT2D eigenvalue weighted by Crippen LogP contribution is 2.29. The first-order valence-electron chi connectivity index (χ1n) is 5.46. The van der Waals surface area contributed by atoms with Crippen LogP contribution in [-0.2, 0) is 12.7 Å². The lowest BCUT2D eigenvalue weighted by Crippen LogP contribution is -2.09. The first-order chi connectivity index (χ1) is 8.95. The molecular weight excluding hydrogens is 259 g/mol. The van der Waals surface area contributed by atoms with Crippen molar-refractivity contribution in [1.82, 2.24) is 9.78 Å². The normalized spacial score (nSPS) is 11.6. The zero-order chi connectivity index (χ0) is 14.0. The van der Waals surface area contributed by atoms with Crippen LogP contribution in [0.3, 0.4) is 0 Å². The van der Waals surface area contributed by atoms with Crippen LogP contribution in [0, 0.1) is 0 Å². The molecule has 1 aromatic carbocycles. The summed E-state index contributed by atoms with van der Waals surface area (Å²) >= 11 is 0. The van der Waals surface area contributed by atoms with E-state index in [2.05, 4.69) is 5.10 Å². The molecule has 2 aromatic rings. The van der Waals surface area contributed by atoms with E-state index >= 15 is 0 Å². The van der Waals surface area contributed by atoms with E-state index in [4.69, 9.17) is 10.5 Å². The molecule has 0 aliphatic rings. The fourth-order valence-electron chi connectivity index (χ4n) is 1.67. The Hall–Kier alpha value is -2.02. The number of ether oxygens (including phenoxy) is 1. The van der Waals surface area contributed by atoms with Crippen molar-refractivity contribution < 1.29 is 17.9 Å². The van der Waals surface area contributed by atoms with E-state index in [-0.39, 0.29) is 6.54 Å². The molecule has 19 heavy (non-hydrogen) atoms. The molecular formula is C12H12F3N3O. The Morgan fingerprint density at radius 3 is 2.58 bits per heavy atom. The van der Waals surface area contributed by atoms with Crippen LogP contribution in [0.2, 0.25) is 0 Å². The summed E-state index contributed by atoms with van der Waals surface area (Å²) in [5.74, 6) is 0.524. The molecule has 4 nitrogen and oxygen atoms in total. The number of hydrogen-bond acceptors (Lipinski definition) is 3. The second kappa shape index (κ2) is 4.93. The maximum atomic E-state index is 12.5. The zero-order valence-corrected chi connectivity index (χ0v) is 10.1. The lowest BCUT2D eigenvalue weighted by atomic mass is 10.1. The van der Waals surface area contributed by atoms with Gasteiger partial charge in [-0.05, 0) is 17.7 Å². The largest absolute Gasteiger partial charge is 0.497 e. The van der Waals surface area contributed by atoms with Crippen LogP contribution >= 0.6 is 0 Å². The Morgan fingerprint density at radius 2 is 2.05 bits per heavy atom. The number of rotatable bonds is 3. The predicted octanol–water partition coefficient (Wildman–Crippen LogP) is 2.36. The summed E-state index contributed by atoms with van der Waals surface area (Å²) in [5.41, 5.74) is 5.77. The number of hydrogen-bond donors (Lipinski definition) is 1. The highest BCUT2D eigenvalue weighted by atomic mass is 19.4. The lowest BCUT2D eigenvalue weighted by molar-refractivity contribution is -0.141. The maximum Gasteiger partial charge on any atom is 0.435 e. The van der Waals surface area contributed by atoms with Crippen LogP contribution in [0.15, 0.2) is 30.5 Å². The molecule has 102 valence electrons. The third-order valence-corrected chi connectivity index (χ3v) is 2.64. The summed E-state index contributed by atoms with van der Waals surface area (Å²) in [5, 5.41) is 3.52. The SMILES string of the molecule is COc1ccc(CN)c(-n2ccc(C(F)(F)F)n2)c1. The van der Waals surface area contributed by atoms with Gasteiger partial charge < -0.3 is 10.5 Å². The van der Waals surface area contributed by atoms with Gasteiger partial charge in [0.25, 0.3) is 0 Å². The molecule has 0 spiro atoms. The van der Waals surface area contributed by atoms with Gasteiger partial charge in [0, 0.05) is 18.8 Å². The minimum Gasteiger partial charge on any atom is -0.497 e. The number of nitrogens with two attached hydrogens (primary N) is 1. The highest BCUT2D eigenvalue weighted by Gasteiger charge is 2.33. The van der Waals surface area contributed by atoms with E-state index in [0.717, 1.165) is 10.7 Å². The van der Waals surface area contributed by atoms with Crippen LogP contribution < -0.4 is 10.5 Å². The van der Waals surface area contributed by atoms with E-state index in [9.17, 15) is 13.2 Å². The van der Waals surface area contributed by atoms with Crippen molar-refractivity contribution in [2.45, 2.75) is 12.7 Å². The highest BCUT2D eigenvalue weighted by molar-refractivity contribution is 5.46.